The number of nitrogens with zero attached hydrogens (tertiary/aromatic N) is 1. The average molecular weight is 434 g/mol. The molecule has 32 heavy (non-hydrogen) atoms. The van der Waals surface area contributed by atoms with Crippen LogP contribution in [-0.2, 0) is 14.3 Å². The minimum Gasteiger partial charge on any atom is -0.479 e. The molecule has 2 aliphatic carbocycles. The van der Waals surface area contributed by atoms with Gasteiger partial charge in [0, 0.05) is 12.5 Å². The molecule has 0 aromatic heterocycles. The van der Waals surface area contributed by atoms with Crippen molar-refractivity contribution >= 4 is 18.0 Å². The second-order valence-corrected chi connectivity index (χ2v) is 9.60. The largest absolute Gasteiger partial charge is 0.479 e. The molecule has 4 aliphatic rings. The van der Waals surface area contributed by atoms with Crippen LogP contribution in [-0.4, -0.2) is 52.2 Å². The molecule has 7 nitrogen and oxygen atoms in total. The Hall–Kier alpha value is -3.35. The van der Waals surface area contributed by atoms with Gasteiger partial charge < -0.3 is 20.1 Å². The average Bonchev–Trinajstić information content (AvgIpc) is 3.39. The monoisotopic (exact) mass is 434 g/mol. The Kier molecular flexibility index (Phi) is 4.55. The first-order chi connectivity index (χ1) is 15.2. The minimum absolute atomic E-state index is 0.0759. The molecule has 0 unspecified atom stereocenters. The molecule has 7 heteroatoms. The summed E-state index contributed by atoms with van der Waals surface area (Å²) in [6.07, 6.45) is 0.269. The Labute approximate surface area is 186 Å². The molecule has 1 saturated carbocycles. The van der Waals surface area contributed by atoms with Crippen LogP contribution in [0.2, 0.25) is 0 Å². The quantitative estimate of drug-likeness (QED) is 0.752. The minimum atomic E-state index is -1.28. The van der Waals surface area contributed by atoms with Crippen LogP contribution in [0.5, 0.6) is 0 Å². The number of carboxylic acids is 1. The number of fused-ring (bicyclic) bond motifs is 4. The van der Waals surface area contributed by atoms with E-state index in [1.165, 1.54) is 4.90 Å². The van der Waals surface area contributed by atoms with Gasteiger partial charge in [0.2, 0.25) is 5.91 Å². The van der Waals surface area contributed by atoms with E-state index in [9.17, 15) is 19.5 Å². The number of rotatable bonds is 5. The fraction of sp³-hybridized carbons (Fsp3) is 0.400. The predicted octanol–water partition coefficient (Wildman–Crippen LogP) is 3.38. The lowest BCUT2D eigenvalue weighted by atomic mass is 9.73. The molecular formula is C25H26N2O5. The Balaban J connectivity index is 1.26. The zero-order chi connectivity index (χ0) is 22.7. The summed E-state index contributed by atoms with van der Waals surface area (Å²) < 4.78 is 5.56. The number of aliphatic carboxylic acids is 1. The third kappa shape index (κ3) is 2.98. The number of amides is 2. The maximum atomic E-state index is 13.1. The molecule has 2 aromatic carbocycles. The summed E-state index contributed by atoms with van der Waals surface area (Å²) in [6, 6.07) is 16.1. The Morgan fingerprint density at radius 1 is 1.06 bits per heavy atom. The summed E-state index contributed by atoms with van der Waals surface area (Å²) in [5.41, 5.74) is 2.10. The summed E-state index contributed by atoms with van der Waals surface area (Å²) in [7, 11) is 0. The van der Waals surface area contributed by atoms with Crippen molar-refractivity contribution in [3.8, 4) is 11.1 Å². The maximum absolute atomic E-state index is 13.1. The highest BCUT2D eigenvalue weighted by atomic mass is 16.5. The molecule has 0 atom stereocenters. The van der Waals surface area contributed by atoms with Crippen LogP contribution in [0.1, 0.15) is 43.7 Å². The smallest absolute Gasteiger partial charge is 0.408 e. The van der Waals surface area contributed by atoms with Gasteiger partial charge >= 0.3 is 12.1 Å². The third-order valence-corrected chi connectivity index (χ3v) is 7.15. The van der Waals surface area contributed by atoms with Crippen LogP contribution >= 0.6 is 0 Å². The van der Waals surface area contributed by atoms with Gasteiger partial charge in [0.15, 0.2) is 0 Å². The molecular weight excluding hydrogens is 408 g/mol. The lowest BCUT2D eigenvalue weighted by Gasteiger charge is -2.40. The number of carbonyl (C=O) groups excluding carboxylic acids is 2. The highest BCUT2D eigenvalue weighted by molar-refractivity contribution is 5.95. The van der Waals surface area contributed by atoms with E-state index < -0.39 is 29.0 Å². The van der Waals surface area contributed by atoms with Gasteiger partial charge in [-0.1, -0.05) is 48.5 Å². The lowest BCUT2D eigenvalue weighted by Crippen LogP contribution is -2.62. The molecule has 2 saturated heterocycles. The number of benzene rings is 2. The van der Waals surface area contributed by atoms with Crippen LogP contribution in [0.25, 0.3) is 11.1 Å². The molecule has 2 heterocycles. The molecule has 3 fully saturated rings. The van der Waals surface area contributed by atoms with E-state index in [1.807, 2.05) is 36.4 Å². The van der Waals surface area contributed by atoms with Gasteiger partial charge in [-0.05, 0) is 54.9 Å². The zero-order valence-electron chi connectivity index (χ0n) is 18.1. The van der Waals surface area contributed by atoms with E-state index in [0.29, 0.717) is 19.4 Å². The van der Waals surface area contributed by atoms with Gasteiger partial charge in [-0.3, -0.25) is 4.79 Å². The predicted molar refractivity (Wildman–Crippen MR) is 117 cm³/mol. The van der Waals surface area contributed by atoms with E-state index >= 15 is 0 Å². The molecule has 2 aromatic rings. The highest BCUT2D eigenvalue weighted by Gasteiger charge is 2.64. The number of nitrogens with one attached hydrogen (secondary N) is 1. The first-order valence-corrected chi connectivity index (χ1v) is 10.9. The molecule has 2 aliphatic heterocycles. The van der Waals surface area contributed by atoms with Crippen molar-refractivity contribution < 1.29 is 24.2 Å². The second kappa shape index (κ2) is 7.08. The molecule has 2 N–H and O–H groups in total. The molecule has 166 valence electrons. The van der Waals surface area contributed by atoms with Crippen LogP contribution in [0.4, 0.5) is 4.79 Å². The third-order valence-electron chi connectivity index (χ3n) is 7.15. The van der Waals surface area contributed by atoms with E-state index in [1.54, 1.807) is 13.8 Å². The number of ether oxygens (including phenoxy) is 1. The Morgan fingerprint density at radius 3 is 2.19 bits per heavy atom. The van der Waals surface area contributed by atoms with Crippen LogP contribution in [0, 0.1) is 5.92 Å². The first-order valence-electron chi connectivity index (χ1n) is 10.9. The zero-order valence-corrected chi connectivity index (χ0v) is 18.1. The Bertz CT molecular complexity index is 1070. The highest BCUT2D eigenvalue weighted by Crippen LogP contribution is 2.51. The topological polar surface area (TPSA) is 95.9 Å². The summed E-state index contributed by atoms with van der Waals surface area (Å²) in [5.74, 6) is -1.22. The summed E-state index contributed by atoms with van der Waals surface area (Å²) in [6.45, 7) is 3.74. The number of carbonyl (C=O) groups is 3. The van der Waals surface area contributed by atoms with Crippen molar-refractivity contribution in [2.75, 3.05) is 13.2 Å². The van der Waals surface area contributed by atoms with Crippen molar-refractivity contribution in [2.24, 2.45) is 5.92 Å². The summed E-state index contributed by atoms with van der Waals surface area (Å²) in [4.78, 5) is 39.0. The number of alkyl carbamates (subject to hydrolysis) is 1. The van der Waals surface area contributed by atoms with Gasteiger partial charge in [0.1, 0.15) is 17.7 Å². The van der Waals surface area contributed by atoms with E-state index in [2.05, 4.69) is 17.4 Å². The fourth-order valence-corrected chi connectivity index (χ4v) is 5.53. The normalized spacial score (nSPS) is 23.2. The van der Waals surface area contributed by atoms with Crippen molar-refractivity contribution in [3.05, 3.63) is 59.7 Å². The van der Waals surface area contributed by atoms with Crippen LogP contribution in [0.15, 0.2) is 48.5 Å². The SMILES string of the molecule is CC(C)(NC(=O)OCC1c2ccccc2-c2ccccc21)C(=O)N1CC2CC1(C(=O)O)C2. The van der Waals surface area contributed by atoms with Gasteiger partial charge in [-0.15, -0.1) is 0 Å². The molecule has 0 spiro atoms. The molecule has 6 rings (SSSR count). The molecule has 0 radical (unpaired) electrons. The van der Waals surface area contributed by atoms with Crippen LogP contribution in [0.3, 0.4) is 0 Å². The van der Waals surface area contributed by atoms with Crippen molar-refractivity contribution in [3.63, 3.8) is 0 Å². The maximum Gasteiger partial charge on any atom is 0.408 e. The van der Waals surface area contributed by atoms with Crippen molar-refractivity contribution in [1.82, 2.24) is 10.2 Å². The summed E-state index contributed by atoms with van der Waals surface area (Å²) >= 11 is 0. The standard InChI is InChI=1S/C25H26N2O5/c1-24(2,21(28)27-13-15-11-25(27,12-15)22(29)30)26-23(31)32-14-20-18-9-5-3-7-16(18)17-8-4-6-10-19(17)20/h3-10,15,20H,11-14H2,1-2H3,(H,26,31)(H,29,30). The molecule has 2 amide bonds. The molecule has 2 bridgehead atoms. The fourth-order valence-electron chi connectivity index (χ4n) is 5.53. The van der Waals surface area contributed by atoms with E-state index in [0.717, 1.165) is 22.3 Å². The van der Waals surface area contributed by atoms with Crippen LogP contribution < -0.4 is 5.32 Å². The number of hydrogen-bond donors (Lipinski definition) is 2. The van der Waals surface area contributed by atoms with Crippen molar-refractivity contribution in [2.45, 2.75) is 43.7 Å². The Morgan fingerprint density at radius 2 is 1.62 bits per heavy atom. The first kappa shape index (κ1) is 20.5. The van der Waals surface area contributed by atoms with E-state index in [4.69, 9.17) is 4.74 Å². The lowest BCUT2D eigenvalue weighted by molar-refractivity contribution is -0.160. The number of carboxylic acid groups (broad SMARTS) is 1. The van der Waals surface area contributed by atoms with E-state index in [-0.39, 0.29) is 18.4 Å². The number of hydrogen-bond acceptors (Lipinski definition) is 4. The van der Waals surface area contributed by atoms with Gasteiger partial charge in [-0.25, -0.2) is 9.59 Å². The van der Waals surface area contributed by atoms with Gasteiger partial charge in [0.25, 0.3) is 0 Å². The summed E-state index contributed by atoms with van der Waals surface area (Å²) in [5, 5.41) is 12.3. The van der Waals surface area contributed by atoms with Crippen molar-refractivity contribution in [1.29, 1.82) is 0 Å². The van der Waals surface area contributed by atoms with Gasteiger partial charge in [-0.2, -0.15) is 0 Å². The van der Waals surface area contributed by atoms with Gasteiger partial charge in [0.05, 0.1) is 0 Å². The second-order valence-electron chi connectivity index (χ2n) is 9.60.